The maximum absolute atomic E-state index is 14.2. The lowest BCUT2D eigenvalue weighted by atomic mass is 9.81. The number of rotatable bonds is 5. The lowest BCUT2D eigenvalue weighted by Gasteiger charge is -2.32. The van der Waals surface area contributed by atoms with Gasteiger partial charge in [0.05, 0.1) is 23.0 Å². The molecule has 170 valence electrons. The standard InChI is InChI=1S/C26H33FN4O/c1-17(2)30(5)26(32)22-14-19(27)8-11-24(22)31-16-23(21-12-13-28-15-25(21)31)18-6-9-20(10-7-18)29(3)4/h8,11-18,20H,6-7,9-10H2,1-5H3. The second-order valence-corrected chi connectivity index (χ2v) is 9.49. The topological polar surface area (TPSA) is 41.4 Å². The highest BCUT2D eigenvalue weighted by Gasteiger charge is 2.27. The molecule has 0 saturated heterocycles. The average molecular weight is 437 g/mol. The number of nitrogens with zero attached hydrogens (tertiary/aromatic N) is 4. The van der Waals surface area contributed by atoms with Crippen LogP contribution >= 0.6 is 0 Å². The van der Waals surface area contributed by atoms with E-state index >= 15 is 0 Å². The number of benzene rings is 1. The van der Waals surface area contributed by atoms with E-state index in [9.17, 15) is 9.18 Å². The third-order valence-corrected chi connectivity index (χ3v) is 7.05. The Hall–Kier alpha value is -2.73. The minimum Gasteiger partial charge on any atom is -0.339 e. The maximum atomic E-state index is 14.2. The summed E-state index contributed by atoms with van der Waals surface area (Å²) < 4.78 is 16.2. The van der Waals surface area contributed by atoms with E-state index in [-0.39, 0.29) is 11.9 Å². The number of aromatic nitrogens is 2. The fraction of sp³-hybridized carbons (Fsp3) is 0.462. The predicted molar refractivity (Wildman–Crippen MR) is 127 cm³/mol. The van der Waals surface area contributed by atoms with Gasteiger partial charge in [0.2, 0.25) is 0 Å². The lowest BCUT2D eigenvalue weighted by Crippen LogP contribution is -2.33. The van der Waals surface area contributed by atoms with Gasteiger partial charge in [0.15, 0.2) is 0 Å². The molecule has 1 aliphatic rings. The summed E-state index contributed by atoms with van der Waals surface area (Å²) in [4.78, 5) is 21.5. The van der Waals surface area contributed by atoms with Crippen LogP contribution in [-0.2, 0) is 0 Å². The average Bonchev–Trinajstić information content (AvgIpc) is 3.17. The maximum Gasteiger partial charge on any atom is 0.256 e. The molecule has 0 unspecified atom stereocenters. The van der Waals surface area contributed by atoms with E-state index in [1.165, 1.54) is 30.5 Å². The van der Waals surface area contributed by atoms with Crippen molar-refractivity contribution < 1.29 is 9.18 Å². The Balaban J connectivity index is 1.80. The van der Waals surface area contributed by atoms with E-state index in [0.717, 1.165) is 23.7 Å². The van der Waals surface area contributed by atoms with Gasteiger partial charge in [-0.3, -0.25) is 9.78 Å². The first kappa shape index (κ1) is 22.5. The summed E-state index contributed by atoms with van der Waals surface area (Å²) in [6.45, 7) is 3.90. The van der Waals surface area contributed by atoms with Gasteiger partial charge in [-0.1, -0.05) is 0 Å². The summed E-state index contributed by atoms with van der Waals surface area (Å²) in [5.41, 5.74) is 3.30. The van der Waals surface area contributed by atoms with Crippen LogP contribution in [0.25, 0.3) is 16.6 Å². The van der Waals surface area contributed by atoms with E-state index in [1.54, 1.807) is 18.0 Å². The van der Waals surface area contributed by atoms with Gasteiger partial charge in [-0.2, -0.15) is 0 Å². The number of carbonyl (C=O) groups excluding carboxylic acids is 1. The molecule has 0 spiro atoms. The summed E-state index contributed by atoms with van der Waals surface area (Å²) in [6.07, 6.45) is 10.4. The molecule has 2 aromatic heterocycles. The molecule has 1 aliphatic carbocycles. The summed E-state index contributed by atoms with van der Waals surface area (Å²) in [5.74, 6) is -0.130. The Morgan fingerprint density at radius 2 is 1.84 bits per heavy atom. The van der Waals surface area contributed by atoms with Crippen LogP contribution in [0.2, 0.25) is 0 Å². The molecule has 0 bridgehead atoms. The Labute approximate surface area is 189 Å². The second-order valence-electron chi connectivity index (χ2n) is 9.49. The molecular formula is C26H33FN4O. The summed E-state index contributed by atoms with van der Waals surface area (Å²) in [7, 11) is 6.07. The molecule has 0 N–H and O–H groups in total. The van der Waals surface area contributed by atoms with Gasteiger partial charge in [-0.25, -0.2) is 4.39 Å². The van der Waals surface area contributed by atoms with Gasteiger partial charge in [0, 0.05) is 36.9 Å². The number of hydrogen-bond acceptors (Lipinski definition) is 3. The highest BCUT2D eigenvalue weighted by molar-refractivity contribution is 5.99. The van der Waals surface area contributed by atoms with Crippen molar-refractivity contribution in [2.75, 3.05) is 21.1 Å². The van der Waals surface area contributed by atoms with Crippen LogP contribution in [0.3, 0.4) is 0 Å². The predicted octanol–water partition coefficient (Wildman–Crippen LogP) is 5.23. The lowest BCUT2D eigenvalue weighted by molar-refractivity contribution is 0.0754. The highest BCUT2D eigenvalue weighted by atomic mass is 19.1. The molecule has 3 aromatic rings. The normalized spacial score (nSPS) is 19.1. The molecule has 1 aromatic carbocycles. The van der Waals surface area contributed by atoms with Crippen LogP contribution in [0.15, 0.2) is 42.9 Å². The minimum absolute atomic E-state index is 0.0177. The zero-order chi connectivity index (χ0) is 23.0. The van der Waals surface area contributed by atoms with Crippen molar-refractivity contribution in [3.63, 3.8) is 0 Å². The monoisotopic (exact) mass is 436 g/mol. The first-order valence-electron chi connectivity index (χ1n) is 11.5. The SMILES string of the molecule is CC(C)N(C)C(=O)c1cc(F)ccc1-n1cc(C2CCC(N(C)C)CC2)c2ccncc21. The van der Waals surface area contributed by atoms with Crippen molar-refractivity contribution in [1.29, 1.82) is 0 Å². The molecular weight excluding hydrogens is 403 g/mol. The van der Waals surface area contributed by atoms with Gasteiger partial charge in [0.1, 0.15) is 5.82 Å². The quantitative estimate of drug-likeness (QED) is 0.550. The fourth-order valence-electron chi connectivity index (χ4n) is 4.84. The van der Waals surface area contributed by atoms with Crippen molar-refractivity contribution >= 4 is 16.8 Å². The number of amides is 1. The molecule has 4 rings (SSSR count). The smallest absolute Gasteiger partial charge is 0.256 e. The van der Waals surface area contributed by atoms with Crippen LogP contribution < -0.4 is 0 Å². The van der Waals surface area contributed by atoms with E-state index in [1.807, 2.05) is 30.8 Å². The molecule has 1 saturated carbocycles. The molecule has 1 fully saturated rings. The number of carbonyl (C=O) groups is 1. The molecule has 32 heavy (non-hydrogen) atoms. The Morgan fingerprint density at radius 1 is 1.12 bits per heavy atom. The number of fused-ring (bicyclic) bond motifs is 1. The fourth-order valence-corrected chi connectivity index (χ4v) is 4.84. The van der Waals surface area contributed by atoms with Gasteiger partial charge >= 0.3 is 0 Å². The third kappa shape index (κ3) is 4.16. The van der Waals surface area contributed by atoms with E-state index in [0.29, 0.717) is 23.2 Å². The second kappa shape index (κ2) is 9.02. The number of pyridine rings is 1. The van der Waals surface area contributed by atoms with Crippen LogP contribution in [0.4, 0.5) is 4.39 Å². The van der Waals surface area contributed by atoms with E-state index in [2.05, 4.69) is 36.2 Å². The summed E-state index contributed by atoms with van der Waals surface area (Å²) in [6, 6.07) is 7.19. The number of halogens is 1. The molecule has 1 amide bonds. The van der Waals surface area contributed by atoms with Crippen molar-refractivity contribution in [2.24, 2.45) is 0 Å². The third-order valence-electron chi connectivity index (χ3n) is 7.05. The Kier molecular flexibility index (Phi) is 6.33. The van der Waals surface area contributed by atoms with Gasteiger partial charge in [-0.05, 0) is 89.4 Å². The van der Waals surface area contributed by atoms with E-state index in [4.69, 9.17) is 0 Å². The first-order valence-corrected chi connectivity index (χ1v) is 11.5. The van der Waals surface area contributed by atoms with Crippen LogP contribution in [0.5, 0.6) is 0 Å². The molecule has 0 aliphatic heterocycles. The Bertz CT molecular complexity index is 1110. The van der Waals surface area contributed by atoms with Crippen LogP contribution in [-0.4, -0.2) is 58.5 Å². The van der Waals surface area contributed by atoms with Crippen molar-refractivity contribution in [3.8, 4) is 5.69 Å². The zero-order valence-electron chi connectivity index (χ0n) is 19.7. The number of hydrogen-bond donors (Lipinski definition) is 0. The van der Waals surface area contributed by atoms with Crippen molar-refractivity contribution in [2.45, 2.75) is 57.5 Å². The molecule has 0 atom stereocenters. The zero-order valence-corrected chi connectivity index (χ0v) is 19.7. The Morgan fingerprint density at radius 3 is 2.50 bits per heavy atom. The van der Waals surface area contributed by atoms with Crippen LogP contribution in [0, 0.1) is 5.82 Å². The summed E-state index contributed by atoms with van der Waals surface area (Å²) in [5, 5.41) is 1.16. The highest BCUT2D eigenvalue weighted by Crippen LogP contribution is 2.39. The molecule has 2 heterocycles. The molecule has 6 heteroatoms. The van der Waals surface area contributed by atoms with Crippen molar-refractivity contribution in [1.82, 2.24) is 19.4 Å². The van der Waals surface area contributed by atoms with Crippen molar-refractivity contribution in [3.05, 3.63) is 59.8 Å². The molecule has 0 radical (unpaired) electrons. The van der Waals surface area contributed by atoms with Gasteiger partial charge in [-0.15, -0.1) is 0 Å². The van der Waals surface area contributed by atoms with E-state index < -0.39 is 5.82 Å². The van der Waals surface area contributed by atoms with Gasteiger partial charge < -0.3 is 14.4 Å². The van der Waals surface area contributed by atoms with Gasteiger partial charge in [0.25, 0.3) is 5.91 Å². The largest absolute Gasteiger partial charge is 0.339 e. The molecule has 5 nitrogen and oxygen atoms in total. The minimum atomic E-state index is -0.411. The van der Waals surface area contributed by atoms with Crippen LogP contribution in [0.1, 0.15) is 61.4 Å². The summed E-state index contributed by atoms with van der Waals surface area (Å²) >= 11 is 0. The first-order chi connectivity index (χ1) is 15.3.